The molecule has 3 nitrogen and oxygen atoms in total. The molecule has 0 aromatic heterocycles. The Bertz CT molecular complexity index is 682. The number of nitrogens with two attached hydrogens (primary N) is 1. The van der Waals surface area contributed by atoms with Crippen LogP contribution in [0.2, 0.25) is 0 Å². The molecular weight excluding hydrogens is 280 g/mol. The van der Waals surface area contributed by atoms with Gasteiger partial charge in [0.1, 0.15) is 4.99 Å². The van der Waals surface area contributed by atoms with Crippen LogP contribution in [0, 0.1) is 6.92 Å². The quantitative estimate of drug-likeness (QED) is 0.883. The molecule has 0 saturated heterocycles. The molecule has 2 rings (SSSR count). The van der Waals surface area contributed by atoms with Crippen molar-refractivity contribution in [2.24, 2.45) is 5.73 Å². The van der Waals surface area contributed by atoms with E-state index in [4.69, 9.17) is 18.0 Å². The van der Waals surface area contributed by atoms with Gasteiger partial charge in [0.25, 0.3) is 5.91 Å². The lowest BCUT2D eigenvalue weighted by Crippen LogP contribution is -2.26. The number of carbonyl (C=O) groups is 1. The van der Waals surface area contributed by atoms with Crippen molar-refractivity contribution < 1.29 is 4.79 Å². The highest BCUT2D eigenvalue weighted by atomic mass is 32.1. The molecule has 0 bridgehead atoms. The van der Waals surface area contributed by atoms with Crippen LogP contribution in [0.15, 0.2) is 48.5 Å². The van der Waals surface area contributed by atoms with Gasteiger partial charge < -0.3 is 10.6 Å². The fourth-order valence-corrected chi connectivity index (χ4v) is 2.31. The molecule has 0 atom stereocenters. The normalized spacial score (nSPS) is 10.2. The van der Waals surface area contributed by atoms with E-state index in [1.165, 1.54) is 5.56 Å². The number of nitrogens with zero attached hydrogens (tertiary/aromatic N) is 1. The van der Waals surface area contributed by atoms with Gasteiger partial charge in [0.15, 0.2) is 0 Å². The first-order valence-electron chi connectivity index (χ1n) is 6.68. The summed E-state index contributed by atoms with van der Waals surface area (Å²) in [6.07, 6.45) is 0. The molecule has 0 spiro atoms. The van der Waals surface area contributed by atoms with Gasteiger partial charge in [0.2, 0.25) is 0 Å². The van der Waals surface area contributed by atoms with E-state index in [2.05, 4.69) is 6.07 Å². The molecule has 0 radical (unpaired) electrons. The minimum absolute atomic E-state index is 0.0467. The second-order valence-corrected chi connectivity index (χ2v) is 5.54. The first kappa shape index (κ1) is 15.2. The second kappa shape index (κ2) is 6.50. The smallest absolute Gasteiger partial charge is 0.253 e. The van der Waals surface area contributed by atoms with E-state index in [1.807, 2.05) is 25.1 Å². The van der Waals surface area contributed by atoms with E-state index < -0.39 is 0 Å². The lowest BCUT2D eigenvalue weighted by atomic mass is 10.1. The zero-order valence-electron chi connectivity index (χ0n) is 12.2. The van der Waals surface area contributed by atoms with Gasteiger partial charge in [-0.3, -0.25) is 4.79 Å². The van der Waals surface area contributed by atoms with Gasteiger partial charge in [0, 0.05) is 24.7 Å². The largest absolute Gasteiger partial charge is 0.389 e. The number of amides is 1. The Labute approximate surface area is 130 Å². The highest BCUT2D eigenvalue weighted by Gasteiger charge is 2.13. The zero-order valence-corrected chi connectivity index (χ0v) is 13.0. The number of carbonyl (C=O) groups excluding carboxylic acids is 1. The number of aryl methyl sites for hydroxylation is 1. The minimum atomic E-state index is -0.0467. The van der Waals surface area contributed by atoms with Gasteiger partial charge in [0.05, 0.1) is 0 Å². The van der Waals surface area contributed by atoms with Crippen LogP contribution in [-0.2, 0) is 6.54 Å². The predicted octanol–water partition coefficient (Wildman–Crippen LogP) is 2.90. The van der Waals surface area contributed by atoms with E-state index in [0.29, 0.717) is 22.7 Å². The fourth-order valence-electron chi connectivity index (χ4n) is 2.18. The molecular formula is C17H18N2OS. The average Bonchev–Trinajstić information content (AvgIpc) is 2.46. The van der Waals surface area contributed by atoms with Crippen molar-refractivity contribution >= 4 is 23.1 Å². The van der Waals surface area contributed by atoms with Crippen molar-refractivity contribution in [3.8, 4) is 0 Å². The summed E-state index contributed by atoms with van der Waals surface area (Å²) in [4.78, 5) is 14.4. The van der Waals surface area contributed by atoms with Crippen LogP contribution in [0.4, 0.5) is 0 Å². The van der Waals surface area contributed by atoms with Gasteiger partial charge in [-0.05, 0) is 24.6 Å². The Morgan fingerprint density at radius 2 is 1.81 bits per heavy atom. The van der Waals surface area contributed by atoms with Crippen molar-refractivity contribution in [3.63, 3.8) is 0 Å². The zero-order chi connectivity index (χ0) is 15.4. The van der Waals surface area contributed by atoms with E-state index in [0.717, 1.165) is 5.56 Å². The number of hydrogen-bond acceptors (Lipinski definition) is 2. The summed E-state index contributed by atoms with van der Waals surface area (Å²) in [6.45, 7) is 2.61. The Morgan fingerprint density at radius 1 is 1.14 bits per heavy atom. The van der Waals surface area contributed by atoms with E-state index in [-0.39, 0.29) is 5.91 Å². The molecule has 4 heteroatoms. The van der Waals surface area contributed by atoms with Crippen molar-refractivity contribution in [2.75, 3.05) is 7.05 Å². The van der Waals surface area contributed by atoms with Crippen molar-refractivity contribution in [1.29, 1.82) is 0 Å². The van der Waals surface area contributed by atoms with Crippen molar-refractivity contribution in [2.45, 2.75) is 13.5 Å². The van der Waals surface area contributed by atoms with Gasteiger partial charge in [-0.15, -0.1) is 0 Å². The fraction of sp³-hybridized carbons (Fsp3) is 0.176. The number of thiocarbonyl (C=S) groups is 1. The topological polar surface area (TPSA) is 46.3 Å². The van der Waals surface area contributed by atoms with Crippen LogP contribution >= 0.6 is 12.2 Å². The standard InChI is InChI=1S/C17H18N2OS/c1-12-5-3-6-13(9-12)11-19(2)17(20)15-8-4-7-14(10-15)16(18)21/h3-10H,11H2,1-2H3,(H2,18,21). The van der Waals surface area contributed by atoms with Crippen molar-refractivity contribution in [1.82, 2.24) is 4.90 Å². The SMILES string of the molecule is Cc1cccc(CN(C)C(=O)c2cccc(C(N)=S)c2)c1. The van der Waals surface area contributed by atoms with Crippen LogP contribution in [0.3, 0.4) is 0 Å². The summed E-state index contributed by atoms with van der Waals surface area (Å²) in [5.41, 5.74) is 9.20. The Balaban J connectivity index is 2.15. The number of hydrogen-bond donors (Lipinski definition) is 1. The predicted molar refractivity (Wildman–Crippen MR) is 89.3 cm³/mol. The summed E-state index contributed by atoms with van der Waals surface area (Å²) in [5.74, 6) is -0.0467. The molecule has 108 valence electrons. The summed E-state index contributed by atoms with van der Waals surface area (Å²) < 4.78 is 0. The first-order valence-corrected chi connectivity index (χ1v) is 7.09. The molecule has 0 aliphatic carbocycles. The molecule has 2 aromatic carbocycles. The van der Waals surface area contributed by atoms with Gasteiger partial charge >= 0.3 is 0 Å². The maximum atomic E-state index is 12.5. The second-order valence-electron chi connectivity index (χ2n) is 5.10. The highest BCUT2D eigenvalue weighted by Crippen LogP contribution is 2.11. The molecule has 0 fully saturated rings. The van der Waals surface area contributed by atoms with Crippen LogP contribution < -0.4 is 5.73 Å². The molecule has 0 heterocycles. The summed E-state index contributed by atoms with van der Waals surface area (Å²) in [7, 11) is 1.79. The van der Waals surface area contributed by atoms with Crippen LogP contribution in [0.1, 0.15) is 27.0 Å². The first-order chi connectivity index (χ1) is 9.97. The molecule has 0 saturated carbocycles. The third-order valence-corrected chi connectivity index (χ3v) is 3.48. The highest BCUT2D eigenvalue weighted by molar-refractivity contribution is 7.80. The molecule has 2 aromatic rings. The monoisotopic (exact) mass is 298 g/mol. The van der Waals surface area contributed by atoms with Crippen LogP contribution in [0.25, 0.3) is 0 Å². The van der Waals surface area contributed by atoms with Gasteiger partial charge in [-0.1, -0.05) is 54.2 Å². The third kappa shape index (κ3) is 3.89. The van der Waals surface area contributed by atoms with Crippen LogP contribution in [0.5, 0.6) is 0 Å². The molecule has 0 aliphatic heterocycles. The Morgan fingerprint density at radius 3 is 2.48 bits per heavy atom. The Hall–Kier alpha value is -2.20. The molecule has 1 amide bonds. The van der Waals surface area contributed by atoms with E-state index >= 15 is 0 Å². The summed E-state index contributed by atoms with van der Waals surface area (Å²) >= 11 is 4.95. The lowest BCUT2D eigenvalue weighted by molar-refractivity contribution is 0.0785. The lowest BCUT2D eigenvalue weighted by Gasteiger charge is -2.18. The van der Waals surface area contributed by atoms with Gasteiger partial charge in [-0.2, -0.15) is 0 Å². The third-order valence-electron chi connectivity index (χ3n) is 3.24. The minimum Gasteiger partial charge on any atom is -0.389 e. The summed E-state index contributed by atoms with van der Waals surface area (Å²) in [6, 6.07) is 15.2. The van der Waals surface area contributed by atoms with Gasteiger partial charge in [-0.25, -0.2) is 0 Å². The average molecular weight is 298 g/mol. The molecule has 21 heavy (non-hydrogen) atoms. The number of rotatable bonds is 4. The van der Waals surface area contributed by atoms with Crippen molar-refractivity contribution in [3.05, 3.63) is 70.8 Å². The maximum Gasteiger partial charge on any atom is 0.253 e. The van der Waals surface area contributed by atoms with E-state index in [9.17, 15) is 4.79 Å². The molecule has 2 N–H and O–H groups in total. The maximum absolute atomic E-state index is 12.5. The molecule has 0 unspecified atom stereocenters. The number of benzene rings is 2. The Kier molecular flexibility index (Phi) is 4.70. The summed E-state index contributed by atoms with van der Waals surface area (Å²) in [5, 5.41) is 0. The van der Waals surface area contributed by atoms with Crippen LogP contribution in [-0.4, -0.2) is 22.8 Å². The van der Waals surface area contributed by atoms with E-state index in [1.54, 1.807) is 36.2 Å². The molecule has 0 aliphatic rings.